The predicted molar refractivity (Wildman–Crippen MR) is 72.9 cm³/mol. The molecular weight excluding hydrogens is 242 g/mol. The van der Waals surface area contributed by atoms with Crippen LogP contribution in [0.3, 0.4) is 0 Å². The summed E-state index contributed by atoms with van der Waals surface area (Å²) < 4.78 is 5.09. The van der Waals surface area contributed by atoms with Gasteiger partial charge in [-0.2, -0.15) is 0 Å². The minimum absolute atomic E-state index is 0.0348. The number of benzene rings is 1. The summed E-state index contributed by atoms with van der Waals surface area (Å²) in [5.74, 6) is 1.93. The topological polar surface area (TPSA) is 59.3 Å². The Hall–Kier alpha value is -2.54. The number of hydrogen-bond acceptors (Lipinski definition) is 3. The molecular formula is C15H13NO3. The molecule has 1 N–H and O–H groups in total. The van der Waals surface area contributed by atoms with Gasteiger partial charge in [0.2, 0.25) is 0 Å². The number of hydrogen-bond donors (Lipinski definition) is 1. The average Bonchev–Trinajstić information content (AvgIpc) is 2.43. The SMILES string of the molecule is C#CC(CC)NC(=O)c1cc2ccccc2oc1=O. The molecule has 1 aromatic carbocycles. The van der Waals surface area contributed by atoms with Gasteiger partial charge in [0, 0.05) is 5.39 Å². The Morgan fingerprint density at radius 3 is 2.89 bits per heavy atom. The first-order valence-electron chi connectivity index (χ1n) is 5.95. The van der Waals surface area contributed by atoms with E-state index >= 15 is 0 Å². The van der Waals surface area contributed by atoms with Crippen LogP contribution in [0.15, 0.2) is 39.5 Å². The second-order valence-corrected chi connectivity index (χ2v) is 4.09. The third-order valence-electron chi connectivity index (χ3n) is 2.80. The number of carbonyl (C=O) groups excluding carboxylic acids is 1. The molecule has 2 aromatic rings. The lowest BCUT2D eigenvalue weighted by Gasteiger charge is -2.10. The molecule has 1 atom stereocenters. The van der Waals surface area contributed by atoms with Gasteiger partial charge < -0.3 is 9.73 Å². The van der Waals surface area contributed by atoms with Gasteiger partial charge in [0.15, 0.2) is 0 Å². The van der Waals surface area contributed by atoms with E-state index in [9.17, 15) is 9.59 Å². The molecule has 1 amide bonds. The molecule has 96 valence electrons. The maximum atomic E-state index is 12.0. The van der Waals surface area contributed by atoms with Gasteiger partial charge in [-0.05, 0) is 18.6 Å². The number of para-hydroxylation sites is 1. The van der Waals surface area contributed by atoms with Crippen molar-refractivity contribution in [1.82, 2.24) is 5.32 Å². The smallest absolute Gasteiger partial charge is 0.349 e. The zero-order valence-corrected chi connectivity index (χ0v) is 10.5. The fraction of sp³-hybridized carbons (Fsp3) is 0.200. The summed E-state index contributed by atoms with van der Waals surface area (Å²) in [6.07, 6.45) is 5.87. The van der Waals surface area contributed by atoms with Crippen LogP contribution in [0.5, 0.6) is 0 Å². The highest BCUT2D eigenvalue weighted by atomic mass is 16.4. The normalized spacial score (nSPS) is 11.8. The summed E-state index contributed by atoms with van der Waals surface area (Å²) in [6.45, 7) is 1.85. The Morgan fingerprint density at radius 2 is 2.21 bits per heavy atom. The van der Waals surface area contributed by atoms with Gasteiger partial charge in [0.05, 0.1) is 6.04 Å². The maximum absolute atomic E-state index is 12.0. The molecule has 0 fully saturated rings. The largest absolute Gasteiger partial charge is 0.422 e. The number of rotatable bonds is 3. The highest BCUT2D eigenvalue weighted by Crippen LogP contribution is 2.12. The minimum atomic E-state index is -0.664. The molecule has 1 heterocycles. The molecule has 4 heteroatoms. The molecule has 19 heavy (non-hydrogen) atoms. The van der Waals surface area contributed by atoms with Crippen molar-refractivity contribution in [3.05, 3.63) is 46.3 Å². The number of fused-ring (bicyclic) bond motifs is 1. The molecule has 0 bridgehead atoms. The molecule has 4 nitrogen and oxygen atoms in total. The average molecular weight is 255 g/mol. The Balaban J connectivity index is 2.40. The Morgan fingerprint density at radius 1 is 1.47 bits per heavy atom. The lowest BCUT2D eigenvalue weighted by molar-refractivity contribution is 0.0941. The molecule has 0 aliphatic rings. The van der Waals surface area contributed by atoms with Gasteiger partial charge in [-0.15, -0.1) is 6.42 Å². The van der Waals surface area contributed by atoms with Gasteiger partial charge in [-0.3, -0.25) is 4.79 Å². The van der Waals surface area contributed by atoms with Crippen molar-refractivity contribution in [3.63, 3.8) is 0 Å². The molecule has 0 saturated heterocycles. The third kappa shape index (κ3) is 2.66. The van der Waals surface area contributed by atoms with Crippen LogP contribution in [0.25, 0.3) is 11.0 Å². The minimum Gasteiger partial charge on any atom is -0.422 e. The summed E-state index contributed by atoms with van der Waals surface area (Å²) in [5.41, 5.74) is -0.247. The van der Waals surface area contributed by atoms with E-state index in [1.807, 2.05) is 6.92 Å². The number of nitrogens with one attached hydrogen (secondary N) is 1. The van der Waals surface area contributed by atoms with Crippen molar-refractivity contribution in [3.8, 4) is 12.3 Å². The van der Waals surface area contributed by atoms with E-state index in [2.05, 4.69) is 11.2 Å². The molecule has 1 aromatic heterocycles. The lowest BCUT2D eigenvalue weighted by atomic mass is 10.1. The second kappa shape index (κ2) is 5.40. The van der Waals surface area contributed by atoms with Gasteiger partial charge >= 0.3 is 5.63 Å². The highest BCUT2D eigenvalue weighted by Gasteiger charge is 2.15. The van der Waals surface area contributed by atoms with E-state index in [1.165, 1.54) is 6.07 Å². The quantitative estimate of drug-likeness (QED) is 0.673. The molecule has 0 radical (unpaired) electrons. The van der Waals surface area contributed by atoms with Gasteiger partial charge in [0.1, 0.15) is 11.1 Å². The van der Waals surface area contributed by atoms with Crippen LogP contribution >= 0.6 is 0 Å². The van der Waals surface area contributed by atoms with Gasteiger partial charge in [0.25, 0.3) is 5.91 Å². The standard InChI is InChI=1S/C15H13NO3/c1-3-11(4-2)16-14(17)12-9-10-7-5-6-8-13(10)19-15(12)18/h1,5-9,11H,4H2,2H3,(H,16,17). The van der Waals surface area contributed by atoms with Crippen LogP contribution in [-0.2, 0) is 0 Å². The van der Waals surface area contributed by atoms with E-state index < -0.39 is 17.6 Å². The van der Waals surface area contributed by atoms with Crippen LogP contribution in [0.4, 0.5) is 0 Å². The summed E-state index contributed by atoms with van der Waals surface area (Å²) >= 11 is 0. The first-order chi connectivity index (χ1) is 9.15. The second-order valence-electron chi connectivity index (χ2n) is 4.09. The number of terminal acetylenes is 1. The third-order valence-corrected chi connectivity index (χ3v) is 2.80. The van der Waals surface area contributed by atoms with E-state index in [1.54, 1.807) is 24.3 Å². The molecule has 0 aliphatic heterocycles. The van der Waals surface area contributed by atoms with E-state index in [-0.39, 0.29) is 5.56 Å². The van der Waals surface area contributed by atoms with Crippen molar-refractivity contribution in [2.24, 2.45) is 0 Å². The van der Waals surface area contributed by atoms with Crippen molar-refractivity contribution in [1.29, 1.82) is 0 Å². The van der Waals surface area contributed by atoms with Gasteiger partial charge in [-0.25, -0.2) is 4.79 Å². The molecule has 0 aliphatic carbocycles. The van der Waals surface area contributed by atoms with Crippen LogP contribution in [0.2, 0.25) is 0 Å². The number of amides is 1. The van der Waals surface area contributed by atoms with E-state index in [4.69, 9.17) is 10.8 Å². The van der Waals surface area contributed by atoms with Crippen molar-refractivity contribution < 1.29 is 9.21 Å². The summed E-state index contributed by atoms with van der Waals surface area (Å²) in [7, 11) is 0. The number of carbonyl (C=O) groups is 1. The predicted octanol–water partition coefficient (Wildman–Crippen LogP) is 1.93. The zero-order valence-electron chi connectivity index (χ0n) is 10.5. The Labute approximate surface area is 110 Å². The summed E-state index contributed by atoms with van der Waals surface area (Å²) in [5, 5.41) is 3.30. The molecule has 2 rings (SSSR count). The van der Waals surface area contributed by atoms with E-state index in [0.29, 0.717) is 17.4 Å². The first-order valence-corrected chi connectivity index (χ1v) is 5.95. The first kappa shape index (κ1) is 12.9. The fourth-order valence-corrected chi connectivity index (χ4v) is 1.72. The van der Waals surface area contributed by atoms with Crippen molar-refractivity contribution >= 4 is 16.9 Å². The molecule has 1 unspecified atom stereocenters. The lowest BCUT2D eigenvalue weighted by Crippen LogP contribution is -2.35. The highest BCUT2D eigenvalue weighted by molar-refractivity contribution is 5.96. The van der Waals surface area contributed by atoms with Crippen LogP contribution in [0.1, 0.15) is 23.7 Å². The van der Waals surface area contributed by atoms with Crippen molar-refractivity contribution in [2.45, 2.75) is 19.4 Å². The van der Waals surface area contributed by atoms with E-state index in [0.717, 1.165) is 0 Å². The van der Waals surface area contributed by atoms with Crippen LogP contribution in [0, 0.1) is 12.3 Å². The Kier molecular flexibility index (Phi) is 3.67. The van der Waals surface area contributed by atoms with Gasteiger partial charge in [-0.1, -0.05) is 31.0 Å². The monoisotopic (exact) mass is 255 g/mol. The zero-order chi connectivity index (χ0) is 13.8. The molecule has 0 saturated carbocycles. The Bertz CT molecular complexity index is 709. The fourth-order valence-electron chi connectivity index (χ4n) is 1.72. The van der Waals surface area contributed by atoms with Crippen LogP contribution in [-0.4, -0.2) is 11.9 Å². The maximum Gasteiger partial charge on any atom is 0.349 e. The van der Waals surface area contributed by atoms with Crippen molar-refractivity contribution in [2.75, 3.05) is 0 Å². The summed E-state index contributed by atoms with van der Waals surface area (Å²) in [4.78, 5) is 23.7. The summed E-state index contributed by atoms with van der Waals surface area (Å²) in [6, 6.07) is 8.14. The molecule has 0 spiro atoms. The van der Waals surface area contributed by atoms with Crippen LogP contribution < -0.4 is 10.9 Å².